The Morgan fingerprint density at radius 1 is 1.24 bits per heavy atom. The molecule has 0 spiro atoms. The van der Waals surface area contributed by atoms with Crippen LogP contribution < -0.4 is 0 Å². The third kappa shape index (κ3) is 2.09. The number of hydrogen-bond donors (Lipinski definition) is 0. The van der Waals surface area contributed by atoms with Crippen LogP contribution in [0.15, 0.2) is 16.8 Å². The lowest BCUT2D eigenvalue weighted by Gasteiger charge is -2.17. The fourth-order valence-electron chi connectivity index (χ4n) is 2.40. The molecule has 17 heavy (non-hydrogen) atoms. The first-order chi connectivity index (χ1) is 8.33. The number of rotatable bonds is 2. The molecule has 90 valence electrons. The minimum atomic E-state index is 0.460. The van der Waals surface area contributed by atoms with E-state index >= 15 is 0 Å². The van der Waals surface area contributed by atoms with Crippen LogP contribution in [0.5, 0.6) is 0 Å². The third-order valence-corrected chi connectivity index (χ3v) is 3.35. The van der Waals surface area contributed by atoms with E-state index in [1.165, 1.54) is 32.1 Å². The number of aryl methyl sites for hydroxylation is 1. The average Bonchev–Trinajstić information content (AvgIpc) is 2.98. The van der Waals surface area contributed by atoms with Gasteiger partial charge in [0.2, 0.25) is 5.89 Å². The Morgan fingerprint density at radius 3 is 2.76 bits per heavy atom. The van der Waals surface area contributed by atoms with Gasteiger partial charge in [0.25, 0.3) is 5.89 Å². The van der Waals surface area contributed by atoms with Gasteiger partial charge in [-0.15, -0.1) is 10.2 Å². The van der Waals surface area contributed by atoms with Crippen molar-refractivity contribution in [3.05, 3.63) is 18.3 Å². The minimum Gasteiger partial charge on any atom is -0.420 e. The average molecular weight is 232 g/mol. The summed E-state index contributed by atoms with van der Waals surface area (Å²) in [7, 11) is 1.88. The van der Waals surface area contributed by atoms with E-state index in [1.807, 2.05) is 13.2 Å². The fourth-order valence-corrected chi connectivity index (χ4v) is 2.40. The maximum Gasteiger partial charge on any atom is 0.250 e. The molecule has 0 N–H and O–H groups in total. The molecule has 2 heterocycles. The van der Waals surface area contributed by atoms with E-state index in [0.717, 1.165) is 11.5 Å². The first-order valence-corrected chi connectivity index (χ1v) is 6.15. The van der Waals surface area contributed by atoms with Gasteiger partial charge in [0, 0.05) is 19.2 Å². The van der Waals surface area contributed by atoms with Gasteiger partial charge >= 0.3 is 0 Å². The number of hydrogen-bond acceptors (Lipinski definition) is 4. The van der Waals surface area contributed by atoms with Crippen LogP contribution in [0.1, 0.15) is 43.9 Å². The molecule has 0 amide bonds. The largest absolute Gasteiger partial charge is 0.420 e. The molecule has 1 aliphatic rings. The van der Waals surface area contributed by atoms with Crippen LogP contribution in [-0.2, 0) is 7.05 Å². The number of nitrogens with zero attached hydrogens (tertiary/aromatic N) is 4. The van der Waals surface area contributed by atoms with Crippen LogP contribution >= 0.6 is 0 Å². The summed E-state index contributed by atoms with van der Waals surface area (Å²) < 4.78 is 7.48. The van der Waals surface area contributed by atoms with Crippen molar-refractivity contribution in [3.8, 4) is 11.5 Å². The number of aromatic nitrogens is 4. The van der Waals surface area contributed by atoms with Gasteiger partial charge in [0.15, 0.2) is 0 Å². The SMILES string of the molecule is Cn1cc(-c2nnc(C3CCCCC3)o2)cn1. The van der Waals surface area contributed by atoms with Gasteiger partial charge < -0.3 is 4.42 Å². The van der Waals surface area contributed by atoms with E-state index in [0.29, 0.717) is 11.8 Å². The van der Waals surface area contributed by atoms with Crippen molar-refractivity contribution in [2.45, 2.75) is 38.0 Å². The van der Waals surface area contributed by atoms with Gasteiger partial charge in [-0.2, -0.15) is 5.10 Å². The van der Waals surface area contributed by atoms with Crippen molar-refractivity contribution in [3.63, 3.8) is 0 Å². The summed E-state index contributed by atoms with van der Waals surface area (Å²) in [6.07, 6.45) is 9.87. The van der Waals surface area contributed by atoms with Crippen LogP contribution in [-0.4, -0.2) is 20.0 Å². The monoisotopic (exact) mass is 232 g/mol. The Hall–Kier alpha value is -1.65. The van der Waals surface area contributed by atoms with Gasteiger partial charge in [-0.1, -0.05) is 19.3 Å². The molecular formula is C12H16N4O. The fraction of sp³-hybridized carbons (Fsp3) is 0.583. The van der Waals surface area contributed by atoms with Crippen molar-refractivity contribution in [1.82, 2.24) is 20.0 Å². The summed E-state index contributed by atoms with van der Waals surface area (Å²) in [4.78, 5) is 0. The standard InChI is InChI=1S/C12H16N4O/c1-16-8-10(7-13-16)12-15-14-11(17-12)9-5-3-2-4-6-9/h7-9H,2-6H2,1H3. The first-order valence-electron chi connectivity index (χ1n) is 6.15. The van der Waals surface area contributed by atoms with Gasteiger partial charge in [0.1, 0.15) is 0 Å². The maximum atomic E-state index is 5.75. The second kappa shape index (κ2) is 4.31. The molecule has 1 fully saturated rings. The van der Waals surface area contributed by atoms with Crippen LogP contribution in [0.25, 0.3) is 11.5 Å². The first kappa shape index (κ1) is 10.5. The molecule has 1 saturated carbocycles. The van der Waals surface area contributed by atoms with Crippen LogP contribution in [0.3, 0.4) is 0 Å². The van der Waals surface area contributed by atoms with Crippen LogP contribution in [0, 0.1) is 0 Å². The molecule has 5 nitrogen and oxygen atoms in total. The molecular weight excluding hydrogens is 216 g/mol. The molecule has 5 heteroatoms. The van der Waals surface area contributed by atoms with Crippen molar-refractivity contribution < 1.29 is 4.42 Å². The Labute approximate surface area is 99.8 Å². The summed E-state index contributed by atoms with van der Waals surface area (Å²) in [5, 5.41) is 12.4. The molecule has 0 aromatic carbocycles. The molecule has 0 saturated heterocycles. The summed E-state index contributed by atoms with van der Waals surface area (Å²) in [5.41, 5.74) is 0.891. The quantitative estimate of drug-likeness (QED) is 0.798. The molecule has 3 rings (SSSR count). The summed E-state index contributed by atoms with van der Waals surface area (Å²) in [5.74, 6) is 1.84. The van der Waals surface area contributed by atoms with E-state index in [4.69, 9.17) is 4.42 Å². The molecule has 1 aliphatic carbocycles. The highest BCUT2D eigenvalue weighted by Crippen LogP contribution is 2.32. The van der Waals surface area contributed by atoms with E-state index in [1.54, 1.807) is 10.9 Å². The Bertz CT molecular complexity index is 496. The van der Waals surface area contributed by atoms with Crippen LogP contribution in [0.2, 0.25) is 0 Å². The van der Waals surface area contributed by atoms with Gasteiger partial charge in [0.05, 0.1) is 11.8 Å². The predicted octanol–water partition coefficient (Wildman–Crippen LogP) is 2.52. The van der Waals surface area contributed by atoms with Gasteiger partial charge in [-0.05, 0) is 12.8 Å². The van der Waals surface area contributed by atoms with E-state index in [9.17, 15) is 0 Å². The van der Waals surface area contributed by atoms with Gasteiger partial charge in [-0.3, -0.25) is 4.68 Å². The Balaban J connectivity index is 1.82. The second-order valence-electron chi connectivity index (χ2n) is 4.68. The zero-order valence-electron chi connectivity index (χ0n) is 9.96. The van der Waals surface area contributed by atoms with Crippen molar-refractivity contribution in [1.29, 1.82) is 0 Å². The highest BCUT2D eigenvalue weighted by atomic mass is 16.4. The van der Waals surface area contributed by atoms with Crippen molar-refractivity contribution >= 4 is 0 Å². The second-order valence-corrected chi connectivity index (χ2v) is 4.68. The smallest absolute Gasteiger partial charge is 0.250 e. The predicted molar refractivity (Wildman–Crippen MR) is 62.3 cm³/mol. The van der Waals surface area contributed by atoms with Gasteiger partial charge in [-0.25, -0.2) is 0 Å². The highest BCUT2D eigenvalue weighted by Gasteiger charge is 2.21. The molecule has 0 unspecified atom stereocenters. The lowest BCUT2D eigenvalue weighted by Crippen LogP contribution is -2.04. The lowest BCUT2D eigenvalue weighted by atomic mass is 9.89. The van der Waals surface area contributed by atoms with E-state index < -0.39 is 0 Å². The zero-order valence-corrected chi connectivity index (χ0v) is 9.96. The lowest BCUT2D eigenvalue weighted by molar-refractivity contribution is 0.367. The van der Waals surface area contributed by atoms with E-state index in [2.05, 4.69) is 15.3 Å². The molecule has 0 aliphatic heterocycles. The molecule has 0 radical (unpaired) electrons. The zero-order chi connectivity index (χ0) is 11.7. The summed E-state index contributed by atoms with van der Waals surface area (Å²) >= 11 is 0. The summed E-state index contributed by atoms with van der Waals surface area (Å²) in [6, 6.07) is 0. The normalized spacial score (nSPS) is 17.5. The van der Waals surface area contributed by atoms with E-state index in [-0.39, 0.29) is 0 Å². The highest BCUT2D eigenvalue weighted by molar-refractivity contribution is 5.49. The Kier molecular flexibility index (Phi) is 2.66. The molecule has 2 aromatic heterocycles. The molecule has 0 atom stereocenters. The maximum absolute atomic E-state index is 5.75. The topological polar surface area (TPSA) is 56.7 Å². The van der Waals surface area contributed by atoms with Crippen LogP contribution in [0.4, 0.5) is 0 Å². The van der Waals surface area contributed by atoms with Crippen molar-refractivity contribution in [2.75, 3.05) is 0 Å². The Morgan fingerprint density at radius 2 is 2.06 bits per heavy atom. The third-order valence-electron chi connectivity index (χ3n) is 3.35. The molecule has 0 bridgehead atoms. The molecule has 2 aromatic rings. The minimum absolute atomic E-state index is 0.460. The summed E-state index contributed by atoms with van der Waals surface area (Å²) in [6.45, 7) is 0. The van der Waals surface area contributed by atoms with Crippen molar-refractivity contribution in [2.24, 2.45) is 7.05 Å².